The van der Waals surface area contributed by atoms with Crippen LogP contribution < -0.4 is 10.6 Å². The van der Waals surface area contributed by atoms with Crippen molar-refractivity contribution in [1.82, 2.24) is 10.3 Å². The van der Waals surface area contributed by atoms with E-state index >= 15 is 0 Å². The summed E-state index contributed by atoms with van der Waals surface area (Å²) < 4.78 is 0. The normalized spacial score (nSPS) is 14.0. The first-order chi connectivity index (χ1) is 17.0. The lowest BCUT2D eigenvalue weighted by molar-refractivity contribution is 0.0896. The number of nitrogens with one attached hydrogen (secondary N) is 2. The van der Waals surface area contributed by atoms with E-state index in [9.17, 15) is 20.0 Å². The van der Waals surface area contributed by atoms with E-state index in [2.05, 4.69) is 21.7 Å². The molecular weight excluding hydrogens is 452 g/mol. The van der Waals surface area contributed by atoms with Crippen molar-refractivity contribution in [3.8, 4) is 17.2 Å². The Kier molecular flexibility index (Phi) is 6.66. The summed E-state index contributed by atoms with van der Waals surface area (Å²) in [4.78, 5) is 29.9. The summed E-state index contributed by atoms with van der Waals surface area (Å²) in [5.74, 6) is -0.550. The minimum absolute atomic E-state index is 0.207. The molecule has 4 rings (SSSR count). The van der Waals surface area contributed by atoms with Crippen LogP contribution in [0.15, 0.2) is 54.7 Å². The largest absolute Gasteiger partial charge is 0.388 e. The van der Waals surface area contributed by atoms with Crippen LogP contribution in [0.2, 0.25) is 0 Å². The van der Waals surface area contributed by atoms with Crippen LogP contribution in [0, 0.1) is 18.3 Å². The Bertz CT molecular complexity index is 1360. The molecule has 2 aromatic carbocycles. The third-order valence-electron chi connectivity index (χ3n) is 6.40. The summed E-state index contributed by atoms with van der Waals surface area (Å²) in [6.07, 6.45) is 3.03. The highest BCUT2D eigenvalue weighted by molar-refractivity contribution is 6.05. The Balaban J connectivity index is 1.52. The van der Waals surface area contributed by atoms with Crippen LogP contribution in [-0.2, 0) is 5.41 Å². The van der Waals surface area contributed by atoms with Gasteiger partial charge in [-0.25, -0.2) is 0 Å². The van der Waals surface area contributed by atoms with Gasteiger partial charge < -0.3 is 15.7 Å². The van der Waals surface area contributed by atoms with Gasteiger partial charge in [0.25, 0.3) is 11.8 Å². The molecule has 1 heterocycles. The van der Waals surface area contributed by atoms with Gasteiger partial charge in [-0.3, -0.25) is 14.6 Å². The number of aromatic nitrogens is 1. The molecule has 2 amide bonds. The molecule has 0 bridgehead atoms. The number of carbonyl (C=O) groups is 2. The van der Waals surface area contributed by atoms with Gasteiger partial charge in [0.15, 0.2) is 0 Å². The van der Waals surface area contributed by atoms with E-state index in [4.69, 9.17) is 0 Å². The SMILES string of the molecule is Cc1ncc(NC(=O)c2cc(C#N)cc(C(C)(C)C)c2)cc1-c1ccc(C(=O)NCC2(O)CC2)cc1. The number of rotatable bonds is 6. The van der Waals surface area contributed by atoms with Crippen molar-refractivity contribution in [2.24, 2.45) is 0 Å². The van der Waals surface area contributed by atoms with Gasteiger partial charge in [0.05, 0.1) is 29.1 Å². The van der Waals surface area contributed by atoms with Crippen molar-refractivity contribution >= 4 is 17.5 Å². The van der Waals surface area contributed by atoms with Crippen LogP contribution in [0.4, 0.5) is 5.69 Å². The van der Waals surface area contributed by atoms with Gasteiger partial charge in [-0.2, -0.15) is 5.26 Å². The Labute approximate surface area is 211 Å². The maximum absolute atomic E-state index is 13.0. The van der Waals surface area contributed by atoms with Gasteiger partial charge in [-0.05, 0) is 72.7 Å². The topological polar surface area (TPSA) is 115 Å². The predicted octanol–water partition coefficient (Wildman–Crippen LogP) is 4.73. The van der Waals surface area contributed by atoms with E-state index in [0.29, 0.717) is 35.2 Å². The van der Waals surface area contributed by atoms with E-state index < -0.39 is 5.60 Å². The fourth-order valence-electron chi connectivity index (χ4n) is 3.82. The first-order valence-electron chi connectivity index (χ1n) is 11.9. The van der Waals surface area contributed by atoms with Gasteiger partial charge in [0.1, 0.15) is 0 Å². The van der Waals surface area contributed by atoms with Crippen LogP contribution >= 0.6 is 0 Å². The van der Waals surface area contributed by atoms with Crippen LogP contribution in [0.25, 0.3) is 11.1 Å². The highest BCUT2D eigenvalue weighted by Gasteiger charge is 2.40. The fourth-order valence-corrected chi connectivity index (χ4v) is 3.82. The molecule has 1 fully saturated rings. The minimum Gasteiger partial charge on any atom is -0.388 e. The van der Waals surface area contributed by atoms with Crippen molar-refractivity contribution in [2.75, 3.05) is 11.9 Å². The molecule has 1 aliphatic carbocycles. The molecule has 3 aromatic rings. The molecule has 3 N–H and O–H groups in total. The molecule has 7 nitrogen and oxygen atoms in total. The lowest BCUT2D eigenvalue weighted by atomic mass is 9.85. The van der Waals surface area contributed by atoms with Crippen LogP contribution in [0.1, 0.15) is 71.1 Å². The van der Waals surface area contributed by atoms with Gasteiger partial charge in [-0.1, -0.05) is 32.9 Å². The number of anilines is 1. The molecule has 1 saturated carbocycles. The number of amides is 2. The van der Waals surface area contributed by atoms with E-state index in [1.165, 1.54) is 0 Å². The van der Waals surface area contributed by atoms with E-state index in [1.807, 2.05) is 52.0 Å². The summed E-state index contributed by atoms with van der Waals surface area (Å²) >= 11 is 0. The number of hydrogen-bond donors (Lipinski definition) is 3. The molecule has 0 unspecified atom stereocenters. The van der Waals surface area contributed by atoms with E-state index in [-0.39, 0.29) is 23.8 Å². The van der Waals surface area contributed by atoms with Crippen molar-refractivity contribution in [3.63, 3.8) is 0 Å². The summed E-state index contributed by atoms with van der Waals surface area (Å²) in [7, 11) is 0. The second-order valence-electron chi connectivity index (χ2n) is 10.5. The third kappa shape index (κ3) is 5.78. The molecule has 0 atom stereocenters. The molecule has 0 aliphatic heterocycles. The zero-order valence-electron chi connectivity index (χ0n) is 21.0. The molecule has 36 heavy (non-hydrogen) atoms. The number of nitriles is 1. The molecule has 1 aliphatic rings. The van der Waals surface area contributed by atoms with Crippen molar-refractivity contribution in [1.29, 1.82) is 5.26 Å². The first-order valence-corrected chi connectivity index (χ1v) is 11.9. The molecule has 7 heteroatoms. The number of aliphatic hydroxyl groups is 1. The molecule has 184 valence electrons. The van der Waals surface area contributed by atoms with Gasteiger partial charge >= 0.3 is 0 Å². The summed E-state index contributed by atoms with van der Waals surface area (Å²) in [5.41, 5.74) is 4.30. The van der Waals surface area contributed by atoms with Crippen molar-refractivity contribution in [3.05, 3.63) is 82.7 Å². The molecule has 1 aromatic heterocycles. The Hall–Kier alpha value is -4.02. The second-order valence-corrected chi connectivity index (χ2v) is 10.5. The summed E-state index contributed by atoms with van der Waals surface area (Å²) in [5, 5.41) is 25.0. The monoisotopic (exact) mass is 482 g/mol. The number of benzene rings is 2. The standard InChI is InChI=1S/C29H30N4O3/c1-18-25(20-5-7-21(8-6-20)26(34)32-17-29(36)9-10-29)14-24(16-31-18)33-27(35)22-11-19(15-30)12-23(13-22)28(2,3)4/h5-8,11-14,16,36H,9-10,17H2,1-4H3,(H,32,34)(H,33,35). The smallest absolute Gasteiger partial charge is 0.255 e. The summed E-state index contributed by atoms with van der Waals surface area (Å²) in [6, 6.07) is 16.3. The zero-order valence-corrected chi connectivity index (χ0v) is 21.0. The fraction of sp³-hybridized carbons (Fsp3) is 0.310. The zero-order chi connectivity index (χ0) is 26.1. The number of hydrogen-bond acceptors (Lipinski definition) is 5. The maximum atomic E-state index is 13.0. The molecule has 0 saturated heterocycles. The van der Waals surface area contributed by atoms with Crippen LogP contribution in [0.3, 0.4) is 0 Å². The van der Waals surface area contributed by atoms with Gasteiger partial charge in [-0.15, -0.1) is 0 Å². The minimum atomic E-state index is -0.743. The lowest BCUT2D eigenvalue weighted by Gasteiger charge is -2.20. The Morgan fingerprint density at radius 3 is 2.36 bits per heavy atom. The second kappa shape index (κ2) is 9.56. The lowest BCUT2D eigenvalue weighted by Crippen LogP contribution is -2.33. The first kappa shape index (κ1) is 25.1. The average molecular weight is 483 g/mol. The van der Waals surface area contributed by atoms with Gasteiger partial charge in [0.2, 0.25) is 0 Å². The maximum Gasteiger partial charge on any atom is 0.255 e. The number of carbonyl (C=O) groups excluding carboxylic acids is 2. The van der Waals surface area contributed by atoms with Crippen LogP contribution in [-0.4, -0.2) is 34.1 Å². The summed E-state index contributed by atoms with van der Waals surface area (Å²) in [6.45, 7) is 8.24. The van der Waals surface area contributed by atoms with E-state index in [0.717, 1.165) is 22.4 Å². The number of pyridine rings is 1. The van der Waals surface area contributed by atoms with Crippen molar-refractivity contribution in [2.45, 2.75) is 51.6 Å². The Morgan fingerprint density at radius 2 is 1.75 bits per heavy atom. The van der Waals surface area contributed by atoms with E-state index in [1.54, 1.807) is 30.5 Å². The number of nitrogens with zero attached hydrogens (tertiary/aromatic N) is 2. The highest BCUT2D eigenvalue weighted by atomic mass is 16.3. The molecule has 0 radical (unpaired) electrons. The van der Waals surface area contributed by atoms with Crippen molar-refractivity contribution < 1.29 is 14.7 Å². The molecular formula is C29H30N4O3. The predicted molar refractivity (Wildman–Crippen MR) is 139 cm³/mol. The van der Waals surface area contributed by atoms with Gasteiger partial charge in [0, 0.05) is 28.9 Å². The number of aryl methyl sites for hydroxylation is 1. The average Bonchev–Trinajstić information content (AvgIpc) is 3.60. The Morgan fingerprint density at radius 1 is 1.06 bits per heavy atom. The third-order valence-corrected chi connectivity index (χ3v) is 6.40. The van der Waals surface area contributed by atoms with Crippen LogP contribution in [0.5, 0.6) is 0 Å². The quantitative estimate of drug-likeness (QED) is 0.470. The molecule has 0 spiro atoms. The highest BCUT2D eigenvalue weighted by Crippen LogP contribution is 2.34.